The first kappa shape index (κ1) is 27.2. The summed E-state index contributed by atoms with van der Waals surface area (Å²) in [5.74, 6) is -5.24. The van der Waals surface area contributed by atoms with E-state index in [0.29, 0.717) is 23.4 Å². The van der Waals surface area contributed by atoms with Gasteiger partial charge in [-0.2, -0.15) is 0 Å². The van der Waals surface area contributed by atoms with Gasteiger partial charge in [0.05, 0.1) is 12.7 Å². The molecule has 1 unspecified atom stereocenters. The quantitative estimate of drug-likeness (QED) is 0.224. The molecule has 1 aromatic rings. The number of rotatable bonds is 7. The molecule has 4 aliphatic carbocycles. The standard InChI is InChI=1S/C29H36N2O8/c1-39-25-16(13-31-8-7-14-5-3-2-4-6-14)11-19(32)22-18(25)10-15-9-17-12-20(33)23(28(30)37)27(36)29(17,38)26(35)21(15)24(22)34/h11,14-15,17,31-33,35,38H,2-10,12-13H2,1H3,(H2,30,37)/t15?,17-,29-/m0/s1. The summed E-state index contributed by atoms with van der Waals surface area (Å²) in [6, 6.07) is 1.47. The number of aliphatic hydroxyl groups is 3. The molecule has 1 saturated carbocycles. The van der Waals surface area contributed by atoms with Gasteiger partial charge in [0.1, 0.15) is 28.6 Å². The second-order valence-corrected chi connectivity index (χ2v) is 11.3. The molecular weight excluding hydrogens is 504 g/mol. The van der Waals surface area contributed by atoms with Crippen molar-refractivity contribution in [2.45, 2.75) is 69.9 Å². The van der Waals surface area contributed by atoms with E-state index in [-0.39, 0.29) is 36.1 Å². The number of ketones is 2. The van der Waals surface area contributed by atoms with Gasteiger partial charge >= 0.3 is 0 Å². The Hall–Kier alpha value is -3.37. The fourth-order valence-electron chi connectivity index (χ4n) is 7.12. The van der Waals surface area contributed by atoms with Crippen molar-refractivity contribution in [2.75, 3.05) is 13.7 Å². The first-order valence-corrected chi connectivity index (χ1v) is 13.7. The molecule has 10 nitrogen and oxygen atoms in total. The van der Waals surface area contributed by atoms with Gasteiger partial charge in [-0.05, 0) is 43.7 Å². The van der Waals surface area contributed by atoms with Crippen LogP contribution in [0.3, 0.4) is 0 Å². The number of aromatic hydroxyl groups is 1. The summed E-state index contributed by atoms with van der Waals surface area (Å²) in [5.41, 5.74) is 2.85. The molecule has 0 saturated heterocycles. The van der Waals surface area contributed by atoms with Crippen LogP contribution in [-0.4, -0.2) is 57.2 Å². The summed E-state index contributed by atoms with van der Waals surface area (Å²) in [4.78, 5) is 38.5. The number of phenols is 1. The molecule has 7 N–H and O–H groups in total. The molecule has 3 atom stereocenters. The lowest BCUT2D eigenvalue weighted by atomic mass is 9.60. The number of Topliss-reactive ketones (excluding diaryl/α,β-unsaturated/α-hetero) is 2. The van der Waals surface area contributed by atoms with E-state index in [1.54, 1.807) is 0 Å². The van der Waals surface area contributed by atoms with Crippen molar-refractivity contribution in [2.24, 2.45) is 23.5 Å². The molecule has 0 aromatic heterocycles. The molecule has 39 heavy (non-hydrogen) atoms. The predicted molar refractivity (Wildman–Crippen MR) is 140 cm³/mol. The van der Waals surface area contributed by atoms with Gasteiger partial charge in [0, 0.05) is 35.6 Å². The Labute approximate surface area is 226 Å². The minimum Gasteiger partial charge on any atom is -0.511 e. The molecular formula is C29H36N2O8. The van der Waals surface area contributed by atoms with Gasteiger partial charge in [0.2, 0.25) is 5.78 Å². The van der Waals surface area contributed by atoms with Crippen molar-refractivity contribution in [3.8, 4) is 11.5 Å². The minimum absolute atomic E-state index is 0.0468. The molecule has 0 spiro atoms. The topological polar surface area (TPSA) is 179 Å². The second kappa shape index (κ2) is 10.3. The van der Waals surface area contributed by atoms with Crippen molar-refractivity contribution in [3.05, 3.63) is 45.4 Å². The van der Waals surface area contributed by atoms with Gasteiger partial charge in [-0.1, -0.05) is 32.1 Å². The van der Waals surface area contributed by atoms with E-state index < -0.39 is 52.0 Å². The molecule has 210 valence electrons. The lowest BCUT2D eigenvalue weighted by Crippen LogP contribution is -2.57. The zero-order valence-electron chi connectivity index (χ0n) is 22.1. The number of carbonyl (C=O) groups excluding carboxylic acids is 3. The van der Waals surface area contributed by atoms with E-state index in [1.165, 1.54) is 45.3 Å². The van der Waals surface area contributed by atoms with Crippen LogP contribution in [-0.2, 0) is 22.6 Å². The molecule has 0 bridgehead atoms. The number of phenolic OH excluding ortho intramolecular Hbond substituents is 1. The number of nitrogens with two attached hydrogens (primary N) is 1. The highest BCUT2D eigenvalue weighted by Gasteiger charge is 2.59. The summed E-state index contributed by atoms with van der Waals surface area (Å²) in [6.45, 7) is 1.27. The SMILES string of the molecule is COc1c(CNCCC2CCCCC2)cc(O)c2c1CC1C[C@H]3CC(O)=C(C(N)=O)C(=O)[C@@]3(O)C(O)=C1C2=O. The van der Waals surface area contributed by atoms with Crippen LogP contribution in [0.4, 0.5) is 0 Å². The van der Waals surface area contributed by atoms with Crippen LogP contribution in [0.15, 0.2) is 28.7 Å². The summed E-state index contributed by atoms with van der Waals surface area (Å²) in [7, 11) is 1.50. The van der Waals surface area contributed by atoms with E-state index in [2.05, 4.69) is 5.32 Å². The van der Waals surface area contributed by atoms with Crippen LogP contribution in [0.2, 0.25) is 0 Å². The molecule has 1 aromatic carbocycles. The lowest BCUT2D eigenvalue weighted by molar-refractivity contribution is -0.144. The first-order chi connectivity index (χ1) is 18.6. The number of fused-ring (bicyclic) bond motifs is 3. The molecule has 0 radical (unpaired) electrons. The highest BCUT2D eigenvalue weighted by Crippen LogP contribution is 2.52. The van der Waals surface area contributed by atoms with E-state index in [9.17, 15) is 34.8 Å². The van der Waals surface area contributed by atoms with E-state index in [1.807, 2.05) is 0 Å². The fraction of sp³-hybridized carbons (Fsp3) is 0.552. The van der Waals surface area contributed by atoms with Gasteiger partial charge in [-0.3, -0.25) is 14.4 Å². The van der Waals surface area contributed by atoms with Crippen molar-refractivity contribution in [1.82, 2.24) is 5.32 Å². The van der Waals surface area contributed by atoms with Crippen LogP contribution in [0.1, 0.15) is 72.9 Å². The summed E-state index contributed by atoms with van der Waals surface area (Å²) in [6.07, 6.45) is 7.51. The number of ether oxygens (including phenoxy) is 1. The third-order valence-corrected chi connectivity index (χ3v) is 9.06. The largest absolute Gasteiger partial charge is 0.511 e. The molecule has 1 amide bonds. The average Bonchev–Trinajstić information content (AvgIpc) is 2.89. The minimum atomic E-state index is -2.57. The summed E-state index contributed by atoms with van der Waals surface area (Å²) < 4.78 is 5.72. The average molecular weight is 541 g/mol. The number of amides is 1. The van der Waals surface area contributed by atoms with Crippen LogP contribution in [0, 0.1) is 17.8 Å². The number of carbonyl (C=O) groups is 3. The van der Waals surface area contributed by atoms with Gasteiger partial charge in [-0.15, -0.1) is 0 Å². The van der Waals surface area contributed by atoms with Crippen LogP contribution < -0.4 is 15.8 Å². The summed E-state index contributed by atoms with van der Waals surface area (Å²) >= 11 is 0. The number of methoxy groups -OCH3 is 1. The van der Waals surface area contributed by atoms with Crippen molar-refractivity contribution < 1.29 is 39.5 Å². The maximum atomic E-state index is 13.7. The first-order valence-electron chi connectivity index (χ1n) is 13.7. The van der Waals surface area contributed by atoms with E-state index in [0.717, 1.165) is 18.9 Å². The predicted octanol–water partition coefficient (Wildman–Crippen LogP) is 2.65. The van der Waals surface area contributed by atoms with Crippen molar-refractivity contribution in [3.63, 3.8) is 0 Å². The Morgan fingerprint density at radius 1 is 1.15 bits per heavy atom. The smallest absolute Gasteiger partial charge is 0.255 e. The monoisotopic (exact) mass is 540 g/mol. The van der Waals surface area contributed by atoms with Gasteiger partial charge < -0.3 is 36.2 Å². The third kappa shape index (κ3) is 4.39. The molecule has 0 heterocycles. The van der Waals surface area contributed by atoms with Crippen LogP contribution >= 0.6 is 0 Å². The van der Waals surface area contributed by atoms with Crippen LogP contribution in [0.25, 0.3) is 0 Å². The molecule has 0 aliphatic heterocycles. The number of hydrogen-bond acceptors (Lipinski definition) is 9. The zero-order chi connectivity index (χ0) is 28.1. The Morgan fingerprint density at radius 2 is 1.87 bits per heavy atom. The number of aliphatic hydroxyl groups excluding tert-OH is 2. The maximum absolute atomic E-state index is 13.7. The second-order valence-electron chi connectivity index (χ2n) is 11.3. The van der Waals surface area contributed by atoms with Gasteiger partial charge in [0.25, 0.3) is 5.91 Å². The zero-order valence-corrected chi connectivity index (χ0v) is 22.1. The Balaban J connectivity index is 1.45. The molecule has 5 rings (SSSR count). The van der Waals surface area contributed by atoms with Crippen molar-refractivity contribution >= 4 is 17.5 Å². The summed E-state index contributed by atoms with van der Waals surface area (Å²) in [5, 5.41) is 47.2. The highest BCUT2D eigenvalue weighted by molar-refractivity contribution is 6.24. The third-order valence-electron chi connectivity index (χ3n) is 9.06. The number of hydrogen-bond donors (Lipinski definition) is 6. The number of allylic oxidation sites excluding steroid dienone is 2. The van der Waals surface area contributed by atoms with Crippen molar-refractivity contribution in [1.29, 1.82) is 0 Å². The molecule has 4 aliphatic rings. The van der Waals surface area contributed by atoms with Gasteiger partial charge in [0.15, 0.2) is 11.4 Å². The number of benzene rings is 1. The highest BCUT2D eigenvalue weighted by atomic mass is 16.5. The Bertz CT molecular complexity index is 1290. The normalized spacial score (nSPS) is 27.2. The maximum Gasteiger partial charge on any atom is 0.255 e. The number of nitrogens with one attached hydrogen (secondary N) is 1. The molecule has 1 fully saturated rings. The number of primary amides is 1. The van der Waals surface area contributed by atoms with E-state index >= 15 is 0 Å². The Morgan fingerprint density at radius 3 is 2.54 bits per heavy atom. The molecule has 10 heteroatoms. The Kier molecular flexibility index (Phi) is 7.19. The van der Waals surface area contributed by atoms with Crippen LogP contribution in [0.5, 0.6) is 11.5 Å². The van der Waals surface area contributed by atoms with E-state index in [4.69, 9.17) is 10.5 Å². The van der Waals surface area contributed by atoms with Gasteiger partial charge in [-0.25, -0.2) is 0 Å². The lowest BCUT2D eigenvalue weighted by Gasteiger charge is -2.45. The fourth-order valence-corrected chi connectivity index (χ4v) is 7.12.